The Labute approximate surface area is 120 Å². The van der Waals surface area contributed by atoms with Crippen LogP contribution in [0.25, 0.3) is 0 Å². The lowest BCUT2D eigenvalue weighted by Crippen LogP contribution is -2.30. The normalized spacial score (nSPS) is 12.3. The first kappa shape index (κ1) is 15.3. The molecule has 0 saturated carbocycles. The van der Waals surface area contributed by atoms with Crippen LogP contribution in [0.15, 0.2) is 30.3 Å². The molecule has 0 aliphatic rings. The Morgan fingerprint density at radius 1 is 1.05 bits per heavy atom. The molecule has 2 aromatic rings. The van der Waals surface area contributed by atoms with Crippen LogP contribution in [0.3, 0.4) is 0 Å². The summed E-state index contributed by atoms with van der Waals surface area (Å²) in [6.07, 6.45) is 0. The smallest absolute Gasteiger partial charge is 0.194 e. The molecule has 0 radical (unpaired) electrons. The summed E-state index contributed by atoms with van der Waals surface area (Å²) in [6, 6.07) is 6.37. The summed E-state index contributed by atoms with van der Waals surface area (Å²) >= 11 is 0. The van der Waals surface area contributed by atoms with Gasteiger partial charge >= 0.3 is 0 Å². The maximum Gasteiger partial charge on any atom is 0.194 e. The Bertz CT molecular complexity index is 662. The van der Waals surface area contributed by atoms with Crippen molar-refractivity contribution in [2.24, 2.45) is 5.84 Å². The van der Waals surface area contributed by atoms with Gasteiger partial charge in [0, 0.05) is 5.56 Å². The predicted octanol–water partition coefficient (Wildman–Crippen LogP) is 2.97. The van der Waals surface area contributed by atoms with E-state index in [9.17, 15) is 13.2 Å². The summed E-state index contributed by atoms with van der Waals surface area (Å²) in [5, 5.41) is 0. The molecule has 0 aliphatic heterocycles. The van der Waals surface area contributed by atoms with Crippen molar-refractivity contribution in [3.8, 4) is 5.75 Å². The number of hydrazine groups is 1. The number of ether oxygens (including phenoxy) is 1. The number of aryl methyl sites for hydroxylation is 1. The Balaban J connectivity index is 2.52. The molecule has 6 heteroatoms. The molecule has 0 heterocycles. The van der Waals surface area contributed by atoms with Crippen molar-refractivity contribution in [2.45, 2.75) is 13.0 Å². The molecule has 0 fully saturated rings. The first-order valence-electron chi connectivity index (χ1n) is 6.23. The second-order valence-electron chi connectivity index (χ2n) is 4.59. The van der Waals surface area contributed by atoms with Crippen LogP contribution in [0.1, 0.15) is 22.7 Å². The number of nitrogens with one attached hydrogen (secondary N) is 1. The van der Waals surface area contributed by atoms with Crippen LogP contribution < -0.4 is 16.0 Å². The quantitative estimate of drug-likeness (QED) is 0.518. The summed E-state index contributed by atoms with van der Waals surface area (Å²) < 4.78 is 45.4. The van der Waals surface area contributed by atoms with Crippen molar-refractivity contribution in [3.05, 3.63) is 64.5 Å². The van der Waals surface area contributed by atoms with Gasteiger partial charge in [0.25, 0.3) is 0 Å². The van der Waals surface area contributed by atoms with Gasteiger partial charge in [0.2, 0.25) is 0 Å². The van der Waals surface area contributed by atoms with Crippen LogP contribution in [0.5, 0.6) is 5.75 Å². The van der Waals surface area contributed by atoms with Crippen molar-refractivity contribution in [1.29, 1.82) is 0 Å². The highest BCUT2D eigenvalue weighted by Crippen LogP contribution is 2.30. The third kappa shape index (κ3) is 2.86. The molecule has 0 amide bonds. The molecule has 0 aromatic heterocycles. The summed E-state index contributed by atoms with van der Waals surface area (Å²) in [5.41, 5.74) is 3.79. The summed E-state index contributed by atoms with van der Waals surface area (Å²) in [5.74, 6) is 2.10. The Morgan fingerprint density at radius 3 is 2.29 bits per heavy atom. The Hall–Kier alpha value is -2.05. The lowest BCUT2D eigenvalue weighted by atomic mass is 9.94. The highest BCUT2D eigenvalue weighted by Gasteiger charge is 2.22. The van der Waals surface area contributed by atoms with Crippen molar-refractivity contribution < 1.29 is 17.9 Å². The minimum Gasteiger partial charge on any atom is -0.497 e. The number of methoxy groups -OCH3 is 1. The third-order valence-electron chi connectivity index (χ3n) is 3.33. The Kier molecular flexibility index (Phi) is 4.50. The summed E-state index contributed by atoms with van der Waals surface area (Å²) in [4.78, 5) is 0. The molecule has 3 nitrogen and oxygen atoms in total. The molecule has 0 saturated heterocycles. The first-order valence-corrected chi connectivity index (χ1v) is 6.23. The van der Waals surface area contributed by atoms with E-state index in [2.05, 4.69) is 5.43 Å². The molecule has 2 aromatic carbocycles. The van der Waals surface area contributed by atoms with E-state index >= 15 is 0 Å². The number of halogens is 3. The number of rotatable bonds is 4. The zero-order valence-corrected chi connectivity index (χ0v) is 11.6. The van der Waals surface area contributed by atoms with Crippen LogP contribution in [0.2, 0.25) is 0 Å². The van der Waals surface area contributed by atoms with E-state index in [0.29, 0.717) is 11.3 Å². The SMILES string of the molecule is COc1ccc(C(NN)c2ccc(F)c(F)c2F)c(C)c1. The molecular formula is C15H15F3N2O. The lowest BCUT2D eigenvalue weighted by Gasteiger charge is -2.20. The molecule has 0 spiro atoms. The maximum absolute atomic E-state index is 13.9. The standard InChI is InChI=1S/C15H15F3N2O/c1-8-7-9(21-2)3-4-10(8)15(20-19)11-5-6-12(16)14(18)13(11)17/h3-7,15,20H,19H2,1-2H3. The van der Waals surface area contributed by atoms with Gasteiger partial charge in [-0.15, -0.1) is 0 Å². The molecule has 112 valence electrons. The third-order valence-corrected chi connectivity index (χ3v) is 3.33. The molecule has 2 rings (SSSR count). The fourth-order valence-corrected chi connectivity index (χ4v) is 2.21. The second kappa shape index (κ2) is 6.15. The fourth-order valence-electron chi connectivity index (χ4n) is 2.21. The van der Waals surface area contributed by atoms with E-state index in [1.54, 1.807) is 25.1 Å². The van der Waals surface area contributed by atoms with Crippen molar-refractivity contribution in [3.63, 3.8) is 0 Å². The van der Waals surface area contributed by atoms with Gasteiger partial charge in [-0.1, -0.05) is 12.1 Å². The highest BCUT2D eigenvalue weighted by atomic mass is 19.2. The van der Waals surface area contributed by atoms with Crippen LogP contribution in [-0.4, -0.2) is 7.11 Å². The van der Waals surface area contributed by atoms with Gasteiger partial charge in [-0.05, 0) is 36.2 Å². The van der Waals surface area contributed by atoms with Crippen LogP contribution in [0.4, 0.5) is 13.2 Å². The van der Waals surface area contributed by atoms with Crippen LogP contribution in [0, 0.1) is 24.4 Å². The zero-order valence-electron chi connectivity index (χ0n) is 11.6. The summed E-state index contributed by atoms with van der Waals surface area (Å²) in [6.45, 7) is 1.79. The van der Waals surface area contributed by atoms with Crippen molar-refractivity contribution in [2.75, 3.05) is 7.11 Å². The number of benzene rings is 2. The maximum atomic E-state index is 13.9. The van der Waals surface area contributed by atoms with Crippen LogP contribution >= 0.6 is 0 Å². The monoisotopic (exact) mass is 296 g/mol. The zero-order chi connectivity index (χ0) is 15.6. The number of hydrogen-bond donors (Lipinski definition) is 2. The van der Waals surface area contributed by atoms with Gasteiger partial charge in [-0.3, -0.25) is 5.84 Å². The molecule has 1 unspecified atom stereocenters. The molecule has 21 heavy (non-hydrogen) atoms. The lowest BCUT2D eigenvalue weighted by molar-refractivity contribution is 0.413. The van der Waals surface area contributed by atoms with E-state index in [0.717, 1.165) is 11.6 Å². The largest absolute Gasteiger partial charge is 0.497 e. The number of hydrogen-bond acceptors (Lipinski definition) is 3. The molecular weight excluding hydrogens is 281 g/mol. The Morgan fingerprint density at radius 2 is 1.71 bits per heavy atom. The topological polar surface area (TPSA) is 47.3 Å². The van der Waals surface area contributed by atoms with E-state index in [1.165, 1.54) is 13.2 Å². The average molecular weight is 296 g/mol. The molecule has 0 bridgehead atoms. The minimum absolute atomic E-state index is 0.0651. The van der Waals surface area contributed by atoms with Crippen molar-refractivity contribution >= 4 is 0 Å². The van der Waals surface area contributed by atoms with Gasteiger partial charge in [0.1, 0.15) is 5.75 Å². The second-order valence-corrected chi connectivity index (χ2v) is 4.59. The van der Waals surface area contributed by atoms with E-state index < -0.39 is 23.5 Å². The molecule has 0 aliphatic carbocycles. The molecule has 1 atom stereocenters. The van der Waals surface area contributed by atoms with Crippen molar-refractivity contribution in [1.82, 2.24) is 5.43 Å². The minimum atomic E-state index is -1.51. The van der Waals surface area contributed by atoms with Gasteiger partial charge in [0.15, 0.2) is 17.5 Å². The predicted molar refractivity (Wildman–Crippen MR) is 73.2 cm³/mol. The van der Waals surface area contributed by atoms with Gasteiger partial charge in [-0.2, -0.15) is 0 Å². The van der Waals surface area contributed by atoms with Gasteiger partial charge < -0.3 is 4.74 Å². The fraction of sp³-hybridized carbons (Fsp3) is 0.200. The van der Waals surface area contributed by atoms with E-state index in [4.69, 9.17) is 10.6 Å². The first-order chi connectivity index (χ1) is 9.99. The van der Waals surface area contributed by atoms with E-state index in [-0.39, 0.29) is 5.56 Å². The van der Waals surface area contributed by atoms with Gasteiger partial charge in [0.05, 0.1) is 13.2 Å². The van der Waals surface area contributed by atoms with Gasteiger partial charge in [-0.25, -0.2) is 18.6 Å². The van der Waals surface area contributed by atoms with Crippen LogP contribution in [-0.2, 0) is 0 Å². The number of nitrogens with two attached hydrogens (primary N) is 1. The average Bonchev–Trinajstić information content (AvgIpc) is 2.49. The van der Waals surface area contributed by atoms with E-state index in [1.807, 2.05) is 0 Å². The summed E-state index contributed by atoms with van der Waals surface area (Å²) in [7, 11) is 1.53. The molecule has 3 N–H and O–H groups in total. The highest BCUT2D eigenvalue weighted by molar-refractivity contribution is 5.41.